The van der Waals surface area contributed by atoms with E-state index in [4.69, 9.17) is 14.9 Å². The van der Waals surface area contributed by atoms with Gasteiger partial charge in [0.05, 0.1) is 37.1 Å². The third-order valence-corrected chi connectivity index (χ3v) is 17.1. The number of ketones is 1. The molecule has 3 N–H and O–H groups in total. The number of pyridine rings is 2. The van der Waals surface area contributed by atoms with Crippen LogP contribution in [0.25, 0.3) is 22.3 Å². The Hall–Kier alpha value is -4.99. The first-order valence-corrected chi connectivity index (χ1v) is 20.6. The van der Waals surface area contributed by atoms with Crippen molar-refractivity contribution >= 4 is 47.9 Å². The Morgan fingerprint density at radius 2 is 1.71 bits per heavy atom. The number of carbonyl (C=O) groups is 3. The number of hydrogen-bond acceptors (Lipinski definition) is 11. The van der Waals surface area contributed by atoms with Crippen molar-refractivity contribution in [2.24, 2.45) is 0 Å². The van der Waals surface area contributed by atoms with Crippen LogP contribution >= 0.6 is 0 Å². The first-order valence-electron chi connectivity index (χ1n) is 17.6. The van der Waals surface area contributed by atoms with Crippen molar-refractivity contribution in [1.82, 2.24) is 29.9 Å². The number of ether oxygens (including phenoxy) is 1. The second-order valence-electron chi connectivity index (χ2n) is 15.4. The summed E-state index contributed by atoms with van der Waals surface area (Å²) < 4.78 is 7.71. The molecule has 0 spiro atoms. The zero-order valence-electron chi connectivity index (χ0n) is 30.2. The summed E-state index contributed by atoms with van der Waals surface area (Å²) in [5.41, 5.74) is 3.62. The minimum atomic E-state index is -2.35. The van der Waals surface area contributed by atoms with Gasteiger partial charge in [-0.1, -0.05) is 40.8 Å². The largest absolute Gasteiger partial charge is 0.415 e. The number of fused-ring (bicyclic) bond motifs is 5. The van der Waals surface area contributed by atoms with Crippen molar-refractivity contribution in [3.8, 4) is 17.1 Å². The molecule has 1 fully saturated rings. The molecular weight excluding hydrogens is 683 g/mol. The van der Waals surface area contributed by atoms with E-state index >= 15 is 0 Å². The van der Waals surface area contributed by atoms with Crippen molar-refractivity contribution < 1.29 is 29.4 Å². The van der Waals surface area contributed by atoms with Crippen LogP contribution in [-0.2, 0) is 23.4 Å². The molecule has 15 heteroatoms. The summed E-state index contributed by atoms with van der Waals surface area (Å²) in [5.74, 6) is -0.169. The number of anilines is 1. The molecule has 1 atom stereocenters. The molecule has 1 aliphatic carbocycles. The minimum absolute atomic E-state index is 0.0927. The van der Waals surface area contributed by atoms with E-state index in [2.05, 4.69) is 43.8 Å². The van der Waals surface area contributed by atoms with Crippen molar-refractivity contribution in [3.63, 3.8) is 0 Å². The number of nitrogens with zero attached hydrogens (tertiary/aromatic N) is 6. The van der Waals surface area contributed by atoms with Gasteiger partial charge in [-0.3, -0.25) is 19.6 Å². The first kappa shape index (κ1) is 35.4. The molecule has 0 bridgehead atoms. The Balaban J connectivity index is 1.21. The Labute approximate surface area is 301 Å². The van der Waals surface area contributed by atoms with Crippen LogP contribution in [0.15, 0.2) is 41.5 Å². The molecule has 1 aromatic carbocycles. The lowest BCUT2D eigenvalue weighted by atomic mass is 9.77. The monoisotopic (exact) mass is 725 g/mol. The number of carbonyl (C=O) groups excluding carboxylic acids is 3. The lowest BCUT2D eigenvalue weighted by Crippen LogP contribution is -2.51. The smallest absolute Gasteiger partial charge is 0.410 e. The van der Waals surface area contributed by atoms with Crippen LogP contribution in [0.3, 0.4) is 0 Å². The molecule has 0 radical (unpaired) electrons. The average Bonchev–Trinajstić information content (AvgIpc) is 3.49. The summed E-state index contributed by atoms with van der Waals surface area (Å²) in [6, 6.07) is 7.27. The maximum atomic E-state index is 14.0. The summed E-state index contributed by atoms with van der Waals surface area (Å²) in [6.07, 6.45) is 2.78. The van der Waals surface area contributed by atoms with Gasteiger partial charge in [-0.05, 0) is 52.9 Å². The Morgan fingerprint density at radius 3 is 2.35 bits per heavy atom. The highest BCUT2D eigenvalue weighted by Crippen LogP contribution is 2.43. The van der Waals surface area contributed by atoms with Gasteiger partial charge in [0.1, 0.15) is 11.4 Å². The first-order chi connectivity index (χ1) is 24.6. The number of piperazine rings is 1. The zero-order valence-corrected chi connectivity index (χ0v) is 31.2. The molecule has 14 nitrogen and oxygen atoms in total. The zero-order chi connectivity index (χ0) is 37.3. The van der Waals surface area contributed by atoms with Crippen LogP contribution in [0.4, 0.5) is 10.7 Å². The van der Waals surface area contributed by atoms with Gasteiger partial charge in [-0.2, -0.15) is 0 Å². The van der Waals surface area contributed by atoms with Crippen molar-refractivity contribution in [2.75, 3.05) is 31.1 Å². The number of nitrogens with one attached hydrogen (secondary N) is 1. The fraction of sp³-hybridized carbons (Fsp3) is 0.432. The van der Waals surface area contributed by atoms with E-state index in [1.54, 1.807) is 27.9 Å². The van der Waals surface area contributed by atoms with Gasteiger partial charge in [0.15, 0.2) is 5.78 Å². The molecule has 1 saturated heterocycles. The summed E-state index contributed by atoms with van der Waals surface area (Å²) in [7, 11) is -2.35. The van der Waals surface area contributed by atoms with Crippen LogP contribution in [0.1, 0.15) is 67.6 Å². The molecule has 2 aliphatic heterocycles. The molecular formula is C37H43N7O7Si. The van der Waals surface area contributed by atoms with Gasteiger partial charge >= 0.3 is 6.09 Å². The van der Waals surface area contributed by atoms with Crippen LogP contribution in [-0.4, -0.2) is 86.8 Å². The van der Waals surface area contributed by atoms with Crippen molar-refractivity contribution in [1.29, 1.82) is 0 Å². The van der Waals surface area contributed by atoms with Crippen LogP contribution in [0, 0.1) is 0 Å². The van der Waals surface area contributed by atoms with E-state index in [9.17, 15) is 24.3 Å². The fourth-order valence-corrected chi connectivity index (χ4v) is 10.1. The standard InChI is InChI=1S/C37H43N7O7Si/c1-7-37(49)26-17-28-30-25(20-44(28)33(47)23(26)9-11-29(37)45)31(52(5,6)36(2,3)4)24-16-22(8-10-27(24)40-30)51-35(48)43-14-12-42(13-15-43)34-38-18-21(19-39-34)32(46)41-50/h8,10,16-19,49-50H,7,9,11-15,20H2,1-6H3,(H,41,46)/t37-/m0/s1. The van der Waals surface area contributed by atoms with Crippen LogP contribution in [0.5, 0.6) is 5.75 Å². The number of Topliss-reactive ketones (excluding diaryl/α,β-unsaturated/α-hetero) is 1. The average molecular weight is 726 g/mol. The summed E-state index contributed by atoms with van der Waals surface area (Å²) >= 11 is 0. The second-order valence-corrected chi connectivity index (χ2v) is 20.6. The number of aliphatic hydroxyl groups is 1. The summed E-state index contributed by atoms with van der Waals surface area (Å²) in [6.45, 7) is 15.0. The number of rotatable bonds is 5. The minimum Gasteiger partial charge on any atom is -0.410 e. The molecule has 5 heterocycles. The van der Waals surface area contributed by atoms with E-state index in [1.165, 1.54) is 12.4 Å². The lowest BCUT2D eigenvalue weighted by Gasteiger charge is -2.39. The highest BCUT2D eigenvalue weighted by atomic mass is 28.3. The molecule has 3 aromatic heterocycles. The van der Waals surface area contributed by atoms with Crippen LogP contribution < -0.4 is 25.9 Å². The van der Waals surface area contributed by atoms with E-state index in [0.29, 0.717) is 78.9 Å². The van der Waals surface area contributed by atoms with Crippen LogP contribution in [0.2, 0.25) is 18.1 Å². The number of benzene rings is 1. The van der Waals surface area contributed by atoms with Crippen molar-refractivity contribution in [2.45, 2.75) is 77.2 Å². The molecule has 3 aliphatic rings. The maximum absolute atomic E-state index is 14.0. The van der Waals surface area contributed by atoms with E-state index < -0.39 is 25.7 Å². The Bertz CT molecular complexity index is 2210. The topological polar surface area (TPSA) is 180 Å². The maximum Gasteiger partial charge on any atom is 0.415 e. The molecule has 4 aromatic rings. The third-order valence-electron chi connectivity index (χ3n) is 11.6. The van der Waals surface area contributed by atoms with Gasteiger partial charge in [0.25, 0.3) is 11.5 Å². The highest BCUT2D eigenvalue weighted by Gasteiger charge is 2.45. The number of amides is 2. The Kier molecular flexibility index (Phi) is 8.58. The van der Waals surface area contributed by atoms with E-state index in [0.717, 1.165) is 16.1 Å². The fourth-order valence-electron chi connectivity index (χ4n) is 7.51. The summed E-state index contributed by atoms with van der Waals surface area (Å²) in [4.78, 5) is 69.1. The number of hydroxylamine groups is 1. The molecule has 0 unspecified atom stereocenters. The number of hydrogen-bond donors (Lipinski definition) is 3. The molecule has 0 saturated carbocycles. The molecule has 272 valence electrons. The van der Waals surface area contributed by atoms with Gasteiger partial charge in [0.2, 0.25) is 5.95 Å². The van der Waals surface area contributed by atoms with E-state index in [-0.39, 0.29) is 34.8 Å². The highest BCUT2D eigenvalue weighted by molar-refractivity contribution is 6.94. The molecule has 2 amide bonds. The predicted molar refractivity (Wildman–Crippen MR) is 196 cm³/mol. The molecule has 7 rings (SSSR count). The lowest BCUT2D eigenvalue weighted by molar-refractivity contribution is -0.140. The van der Waals surface area contributed by atoms with Gasteiger partial charge in [-0.25, -0.2) is 25.2 Å². The predicted octanol–water partition coefficient (Wildman–Crippen LogP) is 3.48. The SMILES string of the molecule is CC[C@@]1(O)C(=O)CCc2c1cc1n(c2=O)Cc2c-1nc1ccc(OC(=O)N3CCN(c4ncc(C(=O)NO)cn4)CC3)cc1c2[Si](C)(C)C(C)(C)C. The summed E-state index contributed by atoms with van der Waals surface area (Å²) in [5, 5.41) is 22.2. The molecule has 52 heavy (non-hydrogen) atoms. The second kappa shape index (κ2) is 12.6. The number of aromatic nitrogens is 4. The third kappa shape index (κ3) is 5.58. The van der Waals surface area contributed by atoms with Gasteiger partial charge < -0.3 is 24.2 Å². The quantitative estimate of drug-likeness (QED) is 0.137. The van der Waals surface area contributed by atoms with E-state index in [1.807, 2.05) is 23.1 Å². The van der Waals surface area contributed by atoms with Gasteiger partial charge in [0, 0.05) is 61.5 Å². The Morgan fingerprint density at radius 1 is 1.02 bits per heavy atom. The van der Waals surface area contributed by atoms with Gasteiger partial charge in [-0.15, -0.1) is 0 Å². The normalized spacial score (nSPS) is 18.6. The van der Waals surface area contributed by atoms with Crippen molar-refractivity contribution in [3.05, 3.63) is 69.3 Å².